The molecule has 0 aliphatic rings. The van der Waals surface area contributed by atoms with E-state index in [-0.39, 0.29) is 0 Å². The van der Waals surface area contributed by atoms with Crippen molar-refractivity contribution in [3.63, 3.8) is 0 Å². The topological polar surface area (TPSA) is 20.2 Å². The van der Waals surface area contributed by atoms with E-state index in [4.69, 9.17) is 28.3 Å². The summed E-state index contributed by atoms with van der Waals surface area (Å²) in [4.78, 5) is 0. The third-order valence-electron chi connectivity index (χ3n) is 1.51. The Hall–Kier alpha value is -0.500. The Morgan fingerprint density at radius 1 is 1.31 bits per heavy atom. The van der Waals surface area contributed by atoms with E-state index in [1.165, 1.54) is 0 Å². The van der Waals surface area contributed by atoms with Gasteiger partial charge in [0, 0.05) is 0 Å². The molecule has 3 heteroatoms. The molecule has 0 heterocycles. The minimum atomic E-state index is -0.450. The van der Waals surface area contributed by atoms with Crippen LogP contribution in [0.4, 0.5) is 0 Å². The van der Waals surface area contributed by atoms with Gasteiger partial charge in [0.25, 0.3) is 0 Å². The van der Waals surface area contributed by atoms with Gasteiger partial charge in [-0.2, -0.15) is 0 Å². The van der Waals surface area contributed by atoms with Gasteiger partial charge in [-0.3, -0.25) is 0 Å². The van der Waals surface area contributed by atoms with Crippen molar-refractivity contribution in [3.05, 3.63) is 39.9 Å². The fourth-order valence-electron chi connectivity index (χ4n) is 0.866. The van der Waals surface area contributed by atoms with Crippen LogP contribution in [-0.4, -0.2) is 11.2 Å². The van der Waals surface area contributed by atoms with E-state index in [0.29, 0.717) is 10.0 Å². The van der Waals surface area contributed by atoms with Crippen molar-refractivity contribution in [2.24, 2.45) is 0 Å². The van der Waals surface area contributed by atoms with Crippen LogP contribution in [0.5, 0.6) is 0 Å². The molecule has 0 fully saturated rings. The average Bonchev–Trinajstić information content (AvgIpc) is 2.07. The maximum Gasteiger partial charge on any atom is 0.0696 e. The number of rotatable bonds is 2. The van der Waals surface area contributed by atoms with Crippen molar-refractivity contribution < 1.29 is 5.11 Å². The van der Waals surface area contributed by atoms with Crippen LogP contribution >= 0.6 is 23.2 Å². The molecule has 0 aliphatic carbocycles. The standard InChI is InChI=1S/C10H10Cl2O/c1-7(13)2-3-8-4-5-9(11)10(12)6-8/h2-7,13H,1H3/b3-2+. The van der Waals surface area contributed by atoms with Gasteiger partial charge in [-0.05, 0) is 24.6 Å². The van der Waals surface area contributed by atoms with Crippen molar-refractivity contribution in [2.45, 2.75) is 13.0 Å². The first-order chi connectivity index (χ1) is 6.09. The van der Waals surface area contributed by atoms with E-state index in [1.807, 2.05) is 6.07 Å². The first kappa shape index (κ1) is 10.6. The highest BCUT2D eigenvalue weighted by Gasteiger charge is 1.96. The zero-order valence-corrected chi connectivity index (χ0v) is 8.68. The third kappa shape index (κ3) is 3.39. The highest BCUT2D eigenvalue weighted by molar-refractivity contribution is 6.42. The maximum atomic E-state index is 8.99. The van der Waals surface area contributed by atoms with E-state index < -0.39 is 6.10 Å². The van der Waals surface area contributed by atoms with Gasteiger partial charge in [0.2, 0.25) is 0 Å². The summed E-state index contributed by atoms with van der Waals surface area (Å²) in [5.41, 5.74) is 0.926. The minimum Gasteiger partial charge on any atom is -0.389 e. The Morgan fingerprint density at radius 3 is 2.54 bits per heavy atom. The molecule has 0 radical (unpaired) electrons. The predicted molar refractivity (Wildman–Crippen MR) is 57.2 cm³/mol. The molecule has 70 valence electrons. The fourth-order valence-corrected chi connectivity index (χ4v) is 1.17. The summed E-state index contributed by atoms with van der Waals surface area (Å²) in [6.07, 6.45) is 3.03. The van der Waals surface area contributed by atoms with Gasteiger partial charge >= 0.3 is 0 Å². The Morgan fingerprint density at radius 2 is 2.00 bits per heavy atom. The Bertz CT molecular complexity index is 319. The van der Waals surface area contributed by atoms with Crippen LogP contribution in [0.25, 0.3) is 6.08 Å². The van der Waals surface area contributed by atoms with Crippen LogP contribution < -0.4 is 0 Å². The van der Waals surface area contributed by atoms with Crippen molar-refractivity contribution >= 4 is 29.3 Å². The molecule has 0 aliphatic heterocycles. The first-order valence-electron chi connectivity index (χ1n) is 3.91. The molecule has 0 saturated carbocycles. The van der Waals surface area contributed by atoms with Crippen LogP contribution in [0, 0.1) is 0 Å². The molecule has 0 amide bonds. The highest BCUT2D eigenvalue weighted by atomic mass is 35.5. The Labute approximate surface area is 87.6 Å². The zero-order valence-electron chi connectivity index (χ0n) is 7.17. The second-order valence-electron chi connectivity index (χ2n) is 2.77. The van der Waals surface area contributed by atoms with Crippen LogP contribution in [0.2, 0.25) is 10.0 Å². The molecule has 1 N–H and O–H groups in total. The molecule has 0 spiro atoms. The third-order valence-corrected chi connectivity index (χ3v) is 2.25. The molecule has 1 atom stereocenters. The Kier molecular flexibility index (Phi) is 3.79. The van der Waals surface area contributed by atoms with Gasteiger partial charge in [-0.25, -0.2) is 0 Å². The minimum absolute atomic E-state index is 0.450. The summed E-state index contributed by atoms with van der Waals surface area (Å²) < 4.78 is 0. The molecule has 0 bridgehead atoms. The van der Waals surface area contributed by atoms with Crippen LogP contribution in [0.3, 0.4) is 0 Å². The second kappa shape index (κ2) is 4.66. The summed E-state index contributed by atoms with van der Waals surface area (Å²) in [5, 5.41) is 10.1. The average molecular weight is 217 g/mol. The number of benzene rings is 1. The van der Waals surface area contributed by atoms with Gasteiger partial charge in [-0.1, -0.05) is 41.4 Å². The van der Waals surface area contributed by atoms with Gasteiger partial charge in [0.1, 0.15) is 0 Å². The molecule has 1 nitrogen and oxygen atoms in total. The van der Waals surface area contributed by atoms with Gasteiger partial charge in [-0.15, -0.1) is 0 Å². The number of aliphatic hydroxyl groups is 1. The summed E-state index contributed by atoms with van der Waals surface area (Å²) in [6.45, 7) is 1.69. The molecule has 1 rings (SSSR count). The molecule has 0 aromatic heterocycles. The maximum absolute atomic E-state index is 8.99. The number of hydrogen-bond acceptors (Lipinski definition) is 1. The van der Waals surface area contributed by atoms with E-state index in [1.54, 1.807) is 31.2 Å². The highest BCUT2D eigenvalue weighted by Crippen LogP contribution is 2.23. The SMILES string of the molecule is CC(O)/C=C/c1ccc(Cl)c(Cl)c1. The zero-order chi connectivity index (χ0) is 9.84. The predicted octanol–water partition coefficient (Wildman–Crippen LogP) is 3.39. The lowest BCUT2D eigenvalue weighted by molar-refractivity contribution is 0.245. The van der Waals surface area contributed by atoms with Gasteiger partial charge in [0.05, 0.1) is 16.1 Å². The second-order valence-corrected chi connectivity index (χ2v) is 3.59. The molecule has 1 aromatic carbocycles. The normalized spacial score (nSPS) is 13.5. The number of aliphatic hydroxyl groups excluding tert-OH is 1. The van der Waals surface area contributed by atoms with Crippen LogP contribution in [-0.2, 0) is 0 Å². The summed E-state index contributed by atoms with van der Waals surface area (Å²) in [7, 11) is 0. The largest absolute Gasteiger partial charge is 0.389 e. The molecular formula is C10H10Cl2O. The monoisotopic (exact) mass is 216 g/mol. The molecular weight excluding hydrogens is 207 g/mol. The summed E-state index contributed by atoms with van der Waals surface area (Å²) in [5.74, 6) is 0. The van der Waals surface area contributed by atoms with E-state index in [9.17, 15) is 0 Å². The van der Waals surface area contributed by atoms with Gasteiger partial charge < -0.3 is 5.11 Å². The van der Waals surface area contributed by atoms with Crippen molar-refractivity contribution in [1.29, 1.82) is 0 Å². The lowest BCUT2D eigenvalue weighted by atomic mass is 10.2. The quantitative estimate of drug-likeness (QED) is 0.804. The lowest BCUT2D eigenvalue weighted by Crippen LogP contribution is -1.91. The van der Waals surface area contributed by atoms with Crippen LogP contribution in [0.15, 0.2) is 24.3 Å². The molecule has 1 unspecified atom stereocenters. The molecule has 0 saturated heterocycles. The number of halogens is 2. The van der Waals surface area contributed by atoms with E-state index in [2.05, 4.69) is 0 Å². The van der Waals surface area contributed by atoms with Crippen molar-refractivity contribution in [1.82, 2.24) is 0 Å². The first-order valence-corrected chi connectivity index (χ1v) is 4.66. The summed E-state index contributed by atoms with van der Waals surface area (Å²) >= 11 is 11.5. The van der Waals surface area contributed by atoms with Crippen molar-refractivity contribution in [3.8, 4) is 0 Å². The molecule has 1 aromatic rings. The van der Waals surface area contributed by atoms with Crippen LogP contribution in [0.1, 0.15) is 12.5 Å². The lowest BCUT2D eigenvalue weighted by Gasteiger charge is -1.98. The summed E-state index contributed by atoms with van der Waals surface area (Å²) in [6, 6.07) is 5.32. The number of hydrogen-bond donors (Lipinski definition) is 1. The van der Waals surface area contributed by atoms with E-state index in [0.717, 1.165) is 5.56 Å². The van der Waals surface area contributed by atoms with E-state index >= 15 is 0 Å². The molecule has 13 heavy (non-hydrogen) atoms. The van der Waals surface area contributed by atoms with Crippen molar-refractivity contribution in [2.75, 3.05) is 0 Å². The Balaban J connectivity index is 2.85. The smallest absolute Gasteiger partial charge is 0.0696 e. The van der Waals surface area contributed by atoms with Gasteiger partial charge in [0.15, 0.2) is 0 Å². The fraction of sp³-hybridized carbons (Fsp3) is 0.200.